The molecule has 0 saturated heterocycles. The summed E-state index contributed by atoms with van der Waals surface area (Å²) in [4.78, 5) is 33.2. The van der Waals surface area contributed by atoms with Gasteiger partial charge in [0.1, 0.15) is 10.6 Å². The molecule has 2 aromatic carbocycles. The Kier molecular flexibility index (Phi) is 7.97. The second-order valence-electron chi connectivity index (χ2n) is 8.83. The number of nitrogens with one attached hydrogen (secondary N) is 1. The van der Waals surface area contributed by atoms with Gasteiger partial charge in [-0.1, -0.05) is 41.6 Å². The largest absolute Gasteiger partial charge is 0.507 e. The predicted octanol–water partition coefficient (Wildman–Crippen LogP) is 5.66. The number of nitrogens with zero attached hydrogens (tertiary/aromatic N) is 3. The van der Waals surface area contributed by atoms with Gasteiger partial charge >= 0.3 is 0 Å². The summed E-state index contributed by atoms with van der Waals surface area (Å²) in [6, 6.07) is 12.3. The van der Waals surface area contributed by atoms with Crippen LogP contribution in [0, 0.1) is 0 Å². The third-order valence-corrected chi connectivity index (χ3v) is 8.66. The van der Waals surface area contributed by atoms with Gasteiger partial charge in [0.15, 0.2) is 5.16 Å². The third-order valence-electron chi connectivity index (χ3n) is 6.28. The summed E-state index contributed by atoms with van der Waals surface area (Å²) in [5, 5.41) is 16.0. The van der Waals surface area contributed by atoms with Gasteiger partial charge in [-0.15, -0.1) is 17.9 Å². The minimum absolute atomic E-state index is 0.00352. The molecule has 2 N–H and O–H groups in total. The summed E-state index contributed by atoms with van der Waals surface area (Å²) in [6.07, 6.45) is 7.65. The normalized spacial score (nSPS) is 13.1. The van der Waals surface area contributed by atoms with E-state index in [4.69, 9.17) is 16.6 Å². The van der Waals surface area contributed by atoms with Crippen LogP contribution in [0.3, 0.4) is 0 Å². The first kappa shape index (κ1) is 26.2. The number of allylic oxidation sites excluding steroid dienone is 1. The van der Waals surface area contributed by atoms with Gasteiger partial charge in [0.25, 0.3) is 11.5 Å². The molecule has 0 bridgehead atoms. The first-order chi connectivity index (χ1) is 18.5. The molecule has 0 atom stereocenters. The van der Waals surface area contributed by atoms with Crippen molar-refractivity contribution in [2.75, 3.05) is 5.75 Å². The van der Waals surface area contributed by atoms with E-state index in [-0.39, 0.29) is 23.0 Å². The number of carbonyl (C=O) groups is 1. The number of halogens is 1. The number of benzene rings is 2. The first-order valence-electron chi connectivity index (χ1n) is 12.2. The minimum atomic E-state index is -0.365. The number of phenols is 1. The highest BCUT2D eigenvalue weighted by atomic mass is 35.5. The average Bonchev–Trinajstić information content (AvgIpc) is 3.29. The molecule has 2 heterocycles. The molecule has 0 unspecified atom stereocenters. The zero-order valence-corrected chi connectivity index (χ0v) is 22.8. The van der Waals surface area contributed by atoms with E-state index < -0.39 is 0 Å². The minimum Gasteiger partial charge on any atom is -0.507 e. The summed E-state index contributed by atoms with van der Waals surface area (Å²) < 4.78 is 1.56. The summed E-state index contributed by atoms with van der Waals surface area (Å²) in [5.41, 5.74) is 5.32. The highest BCUT2D eigenvalue weighted by Crippen LogP contribution is 2.35. The molecule has 194 valence electrons. The zero-order valence-electron chi connectivity index (χ0n) is 20.4. The van der Waals surface area contributed by atoms with Crippen molar-refractivity contribution in [2.45, 2.75) is 37.3 Å². The van der Waals surface area contributed by atoms with E-state index in [0.29, 0.717) is 38.1 Å². The molecule has 1 aliphatic carbocycles. The maximum atomic E-state index is 13.8. The number of para-hydroxylation sites is 1. The molecule has 4 aromatic rings. The lowest BCUT2D eigenvalue weighted by Crippen LogP contribution is -2.24. The van der Waals surface area contributed by atoms with Crippen molar-refractivity contribution in [1.82, 2.24) is 15.0 Å². The molecule has 1 aliphatic rings. The Morgan fingerprint density at radius 3 is 2.82 bits per heavy atom. The first-order valence-corrected chi connectivity index (χ1v) is 14.3. The monoisotopic (exact) mass is 564 g/mol. The van der Waals surface area contributed by atoms with E-state index in [9.17, 15) is 14.7 Å². The van der Waals surface area contributed by atoms with Crippen LogP contribution in [0.25, 0.3) is 15.9 Å². The van der Waals surface area contributed by atoms with Crippen molar-refractivity contribution in [2.24, 2.45) is 5.10 Å². The molecule has 10 heteroatoms. The van der Waals surface area contributed by atoms with Crippen LogP contribution in [0.2, 0.25) is 5.02 Å². The Morgan fingerprint density at radius 2 is 2.03 bits per heavy atom. The number of aryl methyl sites for hydroxylation is 2. The molecule has 0 saturated carbocycles. The van der Waals surface area contributed by atoms with Crippen molar-refractivity contribution < 1.29 is 9.90 Å². The SMILES string of the molecule is C=CCc1cccc(/C=N/NC(=O)CSc2nc3sc4c(c3c(=O)n2-c2ccc(Cl)cc2)CCCC4)c1O. The lowest BCUT2D eigenvalue weighted by molar-refractivity contribution is -0.118. The smallest absolute Gasteiger partial charge is 0.267 e. The highest BCUT2D eigenvalue weighted by molar-refractivity contribution is 7.99. The van der Waals surface area contributed by atoms with Gasteiger partial charge in [-0.2, -0.15) is 5.10 Å². The number of amides is 1. The van der Waals surface area contributed by atoms with Gasteiger partial charge in [0.05, 0.1) is 23.0 Å². The number of thiophene rings is 1. The molecule has 0 radical (unpaired) electrons. The Hall–Kier alpha value is -3.40. The van der Waals surface area contributed by atoms with E-state index in [0.717, 1.165) is 36.8 Å². The second kappa shape index (κ2) is 11.6. The highest BCUT2D eigenvalue weighted by Gasteiger charge is 2.23. The molecule has 0 spiro atoms. The van der Waals surface area contributed by atoms with Gasteiger partial charge in [0, 0.05) is 15.5 Å². The molecule has 0 fully saturated rings. The zero-order chi connectivity index (χ0) is 26.6. The summed E-state index contributed by atoms with van der Waals surface area (Å²) in [5.74, 6) is -0.269. The second-order valence-corrected chi connectivity index (χ2v) is 11.3. The molecular formula is C28H25ClN4O3S2. The van der Waals surface area contributed by atoms with Crippen LogP contribution in [-0.2, 0) is 24.1 Å². The number of hydrogen-bond donors (Lipinski definition) is 2. The molecule has 7 nitrogen and oxygen atoms in total. The number of carbonyl (C=O) groups excluding carboxylic acids is 1. The van der Waals surface area contributed by atoms with E-state index in [1.807, 2.05) is 0 Å². The van der Waals surface area contributed by atoms with Gasteiger partial charge in [-0.05, 0) is 73.6 Å². The van der Waals surface area contributed by atoms with E-state index in [1.54, 1.807) is 64.4 Å². The van der Waals surface area contributed by atoms with Gasteiger partial charge in [-0.3, -0.25) is 14.2 Å². The summed E-state index contributed by atoms with van der Waals surface area (Å²) >= 11 is 8.83. The van der Waals surface area contributed by atoms with Gasteiger partial charge in [-0.25, -0.2) is 10.4 Å². The number of rotatable bonds is 8. The van der Waals surface area contributed by atoms with Crippen LogP contribution < -0.4 is 11.0 Å². The standard InChI is InChI=1S/C28H25ClN4O3S2/c1-2-6-17-7-5-8-18(25(17)35)15-30-32-23(34)16-37-28-31-26-24(21-9-3-4-10-22(21)38-26)27(36)33(28)20-13-11-19(29)12-14-20/h2,5,7-8,11-15,35H,1,3-4,6,9-10,16H2,(H,32,34)/b30-15+. The van der Waals surface area contributed by atoms with Crippen molar-refractivity contribution in [3.8, 4) is 11.4 Å². The number of phenolic OH excluding ortho intramolecular Hbond substituents is 1. The van der Waals surface area contributed by atoms with Crippen LogP contribution in [0.1, 0.15) is 34.4 Å². The molecule has 1 amide bonds. The lowest BCUT2D eigenvalue weighted by atomic mass is 9.97. The van der Waals surface area contributed by atoms with Crippen LogP contribution in [-0.4, -0.2) is 32.5 Å². The van der Waals surface area contributed by atoms with E-state index in [2.05, 4.69) is 17.1 Å². The Balaban J connectivity index is 1.39. The number of aromatic nitrogens is 2. The van der Waals surface area contributed by atoms with Crippen molar-refractivity contribution >= 4 is 57.0 Å². The number of hydrogen-bond acceptors (Lipinski definition) is 7. The Morgan fingerprint density at radius 1 is 1.24 bits per heavy atom. The number of fused-ring (bicyclic) bond motifs is 3. The number of aromatic hydroxyl groups is 1. The van der Waals surface area contributed by atoms with Gasteiger partial charge < -0.3 is 5.11 Å². The van der Waals surface area contributed by atoms with Crippen LogP contribution in [0.4, 0.5) is 0 Å². The molecule has 38 heavy (non-hydrogen) atoms. The van der Waals surface area contributed by atoms with E-state index >= 15 is 0 Å². The van der Waals surface area contributed by atoms with Crippen molar-refractivity contribution in [1.29, 1.82) is 0 Å². The quantitative estimate of drug-likeness (QED) is 0.0947. The number of thioether (sulfide) groups is 1. The fourth-order valence-electron chi connectivity index (χ4n) is 4.47. The van der Waals surface area contributed by atoms with Gasteiger partial charge in [0.2, 0.25) is 0 Å². The van der Waals surface area contributed by atoms with Crippen LogP contribution in [0.15, 0.2) is 70.2 Å². The summed E-state index contributed by atoms with van der Waals surface area (Å²) in [7, 11) is 0. The predicted molar refractivity (Wildman–Crippen MR) is 155 cm³/mol. The number of hydrazone groups is 1. The Bertz CT molecular complexity index is 1610. The summed E-state index contributed by atoms with van der Waals surface area (Å²) in [6.45, 7) is 3.69. The average molecular weight is 565 g/mol. The van der Waals surface area contributed by atoms with Crippen LogP contribution >= 0.6 is 34.7 Å². The third kappa shape index (κ3) is 5.41. The maximum absolute atomic E-state index is 13.8. The fraction of sp³-hybridized carbons (Fsp3) is 0.214. The maximum Gasteiger partial charge on any atom is 0.267 e. The van der Waals surface area contributed by atoms with Crippen molar-refractivity contribution in [3.05, 3.63) is 92.1 Å². The topological polar surface area (TPSA) is 96.6 Å². The van der Waals surface area contributed by atoms with Crippen LogP contribution in [0.5, 0.6) is 5.75 Å². The Labute approximate surface area is 232 Å². The van der Waals surface area contributed by atoms with Crippen molar-refractivity contribution in [3.63, 3.8) is 0 Å². The fourth-order valence-corrected chi connectivity index (χ4v) is 6.71. The lowest BCUT2D eigenvalue weighted by Gasteiger charge is -2.13. The molecule has 0 aliphatic heterocycles. The molecule has 5 rings (SSSR count). The van der Waals surface area contributed by atoms with E-state index in [1.165, 1.54) is 22.9 Å². The molecular weight excluding hydrogens is 540 g/mol. The molecule has 2 aromatic heterocycles.